The molecule has 2 heterocycles. The fourth-order valence-corrected chi connectivity index (χ4v) is 3.02. The predicted molar refractivity (Wildman–Crippen MR) is 99.9 cm³/mol. The first-order valence-corrected chi connectivity index (χ1v) is 8.77. The second-order valence-corrected chi connectivity index (χ2v) is 6.70. The Morgan fingerprint density at radius 1 is 1.04 bits per heavy atom. The third-order valence-electron chi connectivity index (χ3n) is 4.63. The van der Waals surface area contributed by atoms with E-state index in [1.54, 1.807) is 18.0 Å². The largest absolute Gasteiger partial charge is 0.337 e. The topological polar surface area (TPSA) is 56.8 Å². The van der Waals surface area contributed by atoms with Gasteiger partial charge in [0.15, 0.2) is 0 Å². The number of piperazine rings is 1. The van der Waals surface area contributed by atoms with Crippen molar-refractivity contribution in [1.82, 2.24) is 19.7 Å². The highest BCUT2D eigenvalue weighted by Gasteiger charge is 2.22. The van der Waals surface area contributed by atoms with Crippen LogP contribution in [0.5, 0.6) is 0 Å². The first-order chi connectivity index (χ1) is 12.5. The van der Waals surface area contributed by atoms with Gasteiger partial charge in [0, 0.05) is 52.2 Å². The van der Waals surface area contributed by atoms with E-state index >= 15 is 0 Å². The van der Waals surface area contributed by atoms with E-state index in [2.05, 4.69) is 9.88 Å². The molecule has 0 spiro atoms. The first kappa shape index (κ1) is 18.1. The van der Waals surface area contributed by atoms with E-state index in [1.165, 1.54) is 12.4 Å². The first-order valence-electron chi connectivity index (χ1n) is 8.77. The van der Waals surface area contributed by atoms with Crippen LogP contribution in [0.4, 0.5) is 0 Å². The van der Waals surface area contributed by atoms with Gasteiger partial charge in [-0.3, -0.25) is 14.6 Å². The van der Waals surface area contributed by atoms with Gasteiger partial charge >= 0.3 is 0 Å². The van der Waals surface area contributed by atoms with Gasteiger partial charge in [-0.15, -0.1) is 0 Å². The number of hydrogen-bond acceptors (Lipinski definition) is 4. The van der Waals surface area contributed by atoms with Gasteiger partial charge < -0.3 is 14.7 Å². The molecule has 0 N–H and O–H groups in total. The van der Waals surface area contributed by atoms with E-state index < -0.39 is 0 Å². The van der Waals surface area contributed by atoms with Crippen LogP contribution >= 0.6 is 0 Å². The quantitative estimate of drug-likeness (QED) is 0.841. The van der Waals surface area contributed by atoms with Gasteiger partial charge in [-0.05, 0) is 18.7 Å². The molecule has 2 amide bonds. The molecule has 2 aromatic rings. The van der Waals surface area contributed by atoms with Gasteiger partial charge in [0.25, 0.3) is 11.8 Å². The van der Waals surface area contributed by atoms with Gasteiger partial charge in [-0.2, -0.15) is 0 Å². The lowest BCUT2D eigenvalue weighted by atomic mass is 10.1. The molecule has 1 saturated heterocycles. The number of likely N-dealkylation sites (N-methyl/N-ethyl adjacent to an activating group) is 1. The molecule has 0 radical (unpaired) electrons. The Hall–Kier alpha value is -2.73. The summed E-state index contributed by atoms with van der Waals surface area (Å²) in [6, 6.07) is 11.5. The average molecular weight is 352 g/mol. The van der Waals surface area contributed by atoms with E-state index in [-0.39, 0.29) is 11.8 Å². The van der Waals surface area contributed by atoms with Crippen molar-refractivity contribution < 1.29 is 9.59 Å². The van der Waals surface area contributed by atoms with E-state index in [0.29, 0.717) is 30.8 Å². The lowest BCUT2D eigenvalue weighted by molar-refractivity contribution is 0.0663. The monoisotopic (exact) mass is 352 g/mol. The van der Waals surface area contributed by atoms with Crippen LogP contribution in [0.2, 0.25) is 0 Å². The molecule has 6 heteroatoms. The molecule has 26 heavy (non-hydrogen) atoms. The smallest absolute Gasteiger partial charge is 0.255 e. The maximum Gasteiger partial charge on any atom is 0.255 e. The van der Waals surface area contributed by atoms with Crippen molar-refractivity contribution in [1.29, 1.82) is 0 Å². The van der Waals surface area contributed by atoms with Crippen LogP contribution in [-0.4, -0.2) is 71.8 Å². The number of amides is 2. The van der Waals surface area contributed by atoms with Crippen LogP contribution in [0.3, 0.4) is 0 Å². The maximum absolute atomic E-state index is 12.7. The molecule has 136 valence electrons. The van der Waals surface area contributed by atoms with E-state index in [1.807, 2.05) is 42.3 Å². The molecule has 0 unspecified atom stereocenters. The second-order valence-electron chi connectivity index (χ2n) is 6.70. The lowest BCUT2D eigenvalue weighted by Crippen LogP contribution is -2.47. The molecule has 0 atom stereocenters. The molecule has 1 fully saturated rings. The van der Waals surface area contributed by atoms with Crippen LogP contribution in [0.25, 0.3) is 0 Å². The summed E-state index contributed by atoms with van der Waals surface area (Å²) in [5, 5.41) is 0. The molecule has 1 aromatic carbocycles. The van der Waals surface area contributed by atoms with Crippen molar-refractivity contribution in [3.63, 3.8) is 0 Å². The molecule has 0 bridgehead atoms. The fraction of sp³-hybridized carbons (Fsp3) is 0.350. The number of aromatic nitrogens is 1. The zero-order chi connectivity index (χ0) is 18.5. The number of pyridine rings is 1. The Kier molecular flexibility index (Phi) is 5.63. The van der Waals surface area contributed by atoms with Gasteiger partial charge in [-0.1, -0.05) is 30.3 Å². The molecule has 1 aromatic heterocycles. The van der Waals surface area contributed by atoms with Crippen molar-refractivity contribution in [2.75, 3.05) is 40.3 Å². The normalized spacial score (nSPS) is 14.9. The van der Waals surface area contributed by atoms with Crippen molar-refractivity contribution in [3.8, 4) is 0 Å². The number of carbonyl (C=O) groups is 2. The van der Waals surface area contributed by atoms with Crippen molar-refractivity contribution in [3.05, 3.63) is 65.5 Å². The van der Waals surface area contributed by atoms with Crippen LogP contribution in [-0.2, 0) is 6.54 Å². The van der Waals surface area contributed by atoms with E-state index in [0.717, 1.165) is 18.7 Å². The third-order valence-corrected chi connectivity index (χ3v) is 4.63. The highest BCUT2D eigenvalue weighted by molar-refractivity contribution is 5.99. The van der Waals surface area contributed by atoms with Crippen LogP contribution < -0.4 is 0 Å². The second kappa shape index (κ2) is 8.10. The molecule has 6 nitrogen and oxygen atoms in total. The third kappa shape index (κ3) is 4.26. The van der Waals surface area contributed by atoms with Crippen LogP contribution in [0, 0.1) is 0 Å². The van der Waals surface area contributed by atoms with Crippen molar-refractivity contribution >= 4 is 11.8 Å². The minimum atomic E-state index is -0.144. The van der Waals surface area contributed by atoms with Crippen molar-refractivity contribution in [2.24, 2.45) is 0 Å². The molecule has 3 rings (SSSR count). The van der Waals surface area contributed by atoms with Gasteiger partial charge in [-0.25, -0.2) is 0 Å². The summed E-state index contributed by atoms with van der Waals surface area (Å²) in [5.74, 6) is -0.208. The molecular weight excluding hydrogens is 328 g/mol. The summed E-state index contributed by atoms with van der Waals surface area (Å²) >= 11 is 0. The van der Waals surface area contributed by atoms with Gasteiger partial charge in [0.05, 0.1) is 11.1 Å². The Bertz CT molecular complexity index is 770. The minimum Gasteiger partial charge on any atom is -0.337 e. The SMILES string of the molecule is CN1CCN(C(=O)c2cncc(C(=O)N(C)Cc3ccccc3)c2)CC1. The standard InChI is InChI=1S/C20H24N4O2/c1-22-8-10-24(11-9-22)20(26)18-12-17(13-21-14-18)19(25)23(2)15-16-6-4-3-5-7-16/h3-7,12-14H,8-11,15H2,1-2H3. The molecule has 0 saturated carbocycles. The van der Waals surface area contributed by atoms with Crippen molar-refractivity contribution in [2.45, 2.75) is 6.54 Å². The number of carbonyl (C=O) groups excluding carboxylic acids is 2. The summed E-state index contributed by atoms with van der Waals surface area (Å²) in [4.78, 5) is 35.2. The number of nitrogens with zero attached hydrogens (tertiary/aromatic N) is 4. The van der Waals surface area contributed by atoms with E-state index in [9.17, 15) is 9.59 Å². The van der Waals surface area contributed by atoms with Crippen LogP contribution in [0.15, 0.2) is 48.8 Å². The summed E-state index contributed by atoms with van der Waals surface area (Å²) in [6.45, 7) is 3.62. The summed E-state index contributed by atoms with van der Waals surface area (Å²) in [6.07, 6.45) is 3.05. The Labute approximate surface area is 154 Å². The Balaban J connectivity index is 1.70. The lowest BCUT2D eigenvalue weighted by Gasteiger charge is -2.32. The number of benzene rings is 1. The highest BCUT2D eigenvalue weighted by Crippen LogP contribution is 2.12. The molecule has 1 aliphatic heterocycles. The fourth-order valence-electron chi connectivity index (χ4n) is 3.02. The maximum atomic E-state index is 12.7. The summed E-state index contributed by atoms with van der Waals surface area (Å²) in [5.41, 5.74) is 1.96. The van der Waals surface area contributed by atoms with Gasteiger partial charge in [0.1, 0.15) is 0 Å². The summed E-state index contributed by atoms with van der Waals surface area (Å²) < 4.78 is 0. The number of hydrogen-bond donors (Lipinski definition) is 0. The number of rotatable bonds is 4. The Morgan fingerprint density at radius 3 is 2.38 bits per heavy atom. The minimum absolute atomic E-state index is 0.0639. The predicted octanol–water partition coefficient (Wildman–Crippen LogP) is 1.74. The van der Waals surface area contributed by atoms with Crippen LogP contribution in [0.1, 0.15) is 26.3 Å². The Morgan fingerprint density at radius 2 is 1.69 bits per heavy atom. The molecular formula is C20H24N4O2. The molecule has 1 aliphatic rings. The van der Waals surface area contributed by atoms with E-state index in [4.69, 9.17) is 0 Å². The summed E-state index contributed by atoms with van der Waals surface area (Å²) in [7, 11) is 3.80. The zero-order valence-corrected chi connectivity index (χ0v) is 15.3. The molecule has 0 aliphatic carbocycles. The highest BCUT2D eigenvalue weighted by atomic mass is 16.2. The zero-order valence-electron chi connectivity index (χ0n) is 15.3. The average Bonchev–Trinajstić information content (AvgIpc) is 2.68. The van der Waals surface area contributed by atoms with Gasteiger partial charge in [0.2, 0.25) is 0 Å².